The zero-order chi connectivity index (χ0) is 11.1. The molecule has 0 bridgehead atoms. The second-order valence-electron chi connectivity index (χ2n) is 5.22. The number of nitrogens with one attached hydrogen (secondary N) is 1. The summed E-state index contributed by atoms with van der Waals surface area (Å²) in [5.74, 6) is 0.797. The van der Waals surface area contributed by atoms with Crippen molar-refractivity contribution in [2.24, 2.45) is 5.92 Å². The van der Waals surface area contributed by atoms with Gasteiger partial charge in [-0.2, -0.15) is 0 Å². The minimum atomic E-state index is -2.84. The van der Waals surface area contributed by atoms with Crippen molar-refractivity contribution in [3.8, 4) is 0 Å². The Balaban J connectivity index is 2.33. The molecule has 3 nitrogen and oxygen atoms in total. The first-order valence-electron chi connectivity index (χ1n) is 5.96. The van der Waals surface area contributed by atoms with Crippen molar-refractivity contribution in [1.29, 1.82) is 0 Å². The van der Waals surface area contributed by atoms with Crippen molar-refractivity contribution in [3.05, 3.63) is 0 Å². The zero-order valence-electron chi connectivity index (χ0n) is 9.62. The minimum absolute atomic E-state index is 0.130. The van der Waals surface area contributed by atoms with E-state index >= 15 is 0 Å². The molecule has 0 radical (unpaired) electrons. The van der Waals surface area contributed by atoms with E-state index < -0.39 is 9.84 Å². The average Bonchev–Trinajstić information content (AvgIpc) is 2.71. The normalized spacial score (nSPS) is 40.1. The molecular formula is C11H21NO2S. The van der Waals surface area contributed by atoms with E-state index in [0.29, 0.717) is 11.7 Å². The van der Waals surface area contributed by atoms with Gasteiger partial charge in [-0.1, -0.05) is 13.8 Å². The first-order valence-corrected chi connectivity index (χ1v) is 7.67. The Kier molecular flexibility index (Phi) is 2.84. The van der Waals surface area contributed by atoms with Crippen molar-refractivity contribution < 1.29 is 8.42 Å². The summed E-state index contributed by atoms with van der Waals surface area (Å²) < 4.78 is 24.0. The molecule has 2 heterocycles. The molecule has 0 saturated carbocycles. The maximum Gasteiger partial charge on any atom is 0.154 e. The summed E-state index contributed by atoms with van der Waals surface area (Å²) in [7, 11) is -2.84. The highest BCUT2D eigenvalue weighted by atomic mass is 32.2. The van der Waals surface area contributed by atoms with Crippen molar-refractivity contribution in [1.82, 2.24) is 5.32 Å². The first-order chi connectivity index (χ1) is 6.99. The molecule has 15 heavy (non-hydrogen) atoms. The first kappa shape index (κ1) is 11.4. The van der Waals surface area contributed by atoms with E-state index in [0.717, 1.165) is 32.2 Å². The third-order valence-electron chi connectivity index (χ3n) is 4.15. The molecule has 4 heteroatoms. The molecule has 2 atom stereocenters. The minimum Gasteiger partial charge on any atom is -0.310 e. The number of hydrogen-bond acceptors (Lipinski definition) is 3. The van der Waals surface area contributed by atoms with Crippen LogP contribution in [0.3, 0.4) is 0 Å². The van der Waals surface area contributed by atoms with Crippen LogP contribution in [0.25, 0.3) is 0 Å². The van der Waals surface area contributed by atoms with Gasteiger partial charge >= 0.3 is 0 Å². The van der Waals surface area contributed by atoms with E-state index in [9.17, 15) is 8.42 Å². The zero-order valence-corrected chi connectivity index (χ0v) is 10.4. The molecule has 2 unspecified atom stereocenters. The molecule has 0 aromatic carbocycles. The molecule has 0 aromatic rings. The van der Waals surface area contributed by atoms with Gasteiger partial charge in [0, 0.05) is 5.54 Å². The highest BCUT2D eigenvalue weighted by Crippen LogP contribution is 2.39. The summed E-state index contributed by atoms with van der Waals surface area (Å²) in [4.78, 5) is 0. The Morgan fingerprint density at radius 2 is 2.07 bits per heavy atom. The smallest absolute Gasteiger partial charge is 0.154 e. The molecule has 0 aromatic heterocycles. The third-order valence-corrected chi connectivity index (χ3v) is 6.54. The highest BCUT2D eigenvalue weighted by molar-refractivity contribution is 7.92. The molecule has 0 aliphatic carbocycles. The van der Waals surface area contributed by atoms with Crippen LogP contribution in [0.15, 0.2) is 0 Å². The second-order valence-corrected chi connectivity index (χ2v) is 7.53. The molecule has 0 amide bonds. The standard InChI is InChI=1S/C11H21NO2S/c1-9(2)11(6-4-7-12-11)10-5-3-8-15(10,13)14/h9-10,12H,3-8H2,1-2H3. The van der Waals surface area contributed by atoms with Crippen LogP contribution in [0.4, 0.5) is 0 Å². The van der Waals surface area contributed by atoms with Gasteiger partial charge in [-0.25, -0.2) is 8.42 Å². The Morgan fingerprint density at radius 1 is 1.33 bits per heavy atom. The lowest BCUT2D eigenvalue weighted by Gasteiger charge is -2.38. The maximum absolute atomic E-state index is 12.0. The molecule has 2 aliphatic rings. The molecule has 1 N–H and O–H groups in total. The van der Waals surface area contributed by atoms with E-state index in [2.05, 4.69) is 19.2 Å². The molecule has 2 saturated heterocycles. The number of hydrogen-bond donors (Lipinski definition) is 1. The van der Waals surface area contributed by atoms with Crippen molar-refractivity contribution in [2.75, 3.05) is 12.3 Å². The summed E-state index contributed by atoms with van der Waals surface area (Å²) in [5.41, 5.74) is -0.130. The van der Waals surface area contributed by atoms with Gasteiger partial charge in [0.2, 0.25) is 0 Å². The Morgan fingerprint density at radius 3 is 2.47 bits per heavy atom. The number of sulfone groups is 1. The fraction of sp³-hybridized carbons (Fsp3) is 1.00. The van der Waals surface area contributed by atoms with Gasteiger partial charge in [0.05, 0.1) is 11.0 Å². The predicted molar refractivity (Wildman–Crippen MR) is 61.6 cm³/mol. The fourth-order valence-corrected chi connectivity index (χ4v) is 5.79. The number of rotatable bonds is 2. The van der Waals surface area contributed by atoms with Gasteiger partial charge in [0.15, 0.2) is 9.84 Å². The van der Waals surface area contributed by atoms with Gasteiger partial charge in [0.1, 0.15) is 0 Å². The average molecular weight is 231 g/mol. The van der Waals surface area contributed by atoms with Crippen LogP contribution >= 0.6 is 0 Å². The van der Waals surface area contributed by atoms with Gasteiger partial charge in [-0.15, -0.1) is 0 Å². The molecule has 2 aliphatic heterocycles. The maximum atomic E-state index is 12.0. The van der Waals surface area contributed by atoms with Crippen LogP contribution in [-0.4, -0.2) is 31.5 Å². The van der Waals surface area contributed by atoms with Crippen LogP contribution in [0.5, 0.6) is 0 Å². The summed E-state index contributed by atoms with van der Waals surface area (Å²) in [6.07, 6.45) is 3.84. The van der Waals surface area contributed by atoms with Crippen LogP contribution in [0.2, 0.25) is 0 Å². The van der Waals surface area contributed by atoms with Crippen LogP contribution in [-0.2, 0) is 9.84 Å². The van der Waals surface area contributed by atoms with E-state index in [1.54, 1.807) is 0 Å². The molecular weight excluding hydrogens is 210 g/mol. The van der Waals surface area contributed by atoms with Crippen LogP contribution in [0, 0.1) is 5.92 Å². The van der Waals surface area contributed by atoms with E-state index in [1.165, 1.54) is 0 Å². The summed E-state index contributed by atoms with van der Waals surface area (Å²) in [6, 6.07) is 0. The van der Waals surface area contributed by atoms with Crippen molar-refractivity contribution in [3.63, 3.8) is 0 Å². The highest BCUT2D eigenvalue weighted by Gasteiger charge is 2.51. The lowest BCUT2D eigenvalue weighted by molar-refractivity contribution is 0.254. The fourth-order valence-electron chi connectivity index (χ4n) is 3.30. The lowest BCUT2D eigenvalue weighted by atomic mass is 9.80. The third kappa shape index (κ3) is 1.72. The van der Waals surface area contributed by atoms with Gasteiger partial charge in [0.25, 0.3) is 0 Å². The predicted octanol–water partition coefficient (Wildman–Crippen LogP) is 1.34. The molecule has 88 valence electrons. The molecule has 0 spiro atoms. The largest absolute Gasteiger partial charge is 0.310 e. The topological polar surface area (TPSA) is 46.2 Å². The van der Waals surface area contributed by atoms with E-state index in [-0.39, 0.29) is 10.8 Å². The van der Waals surface area contributed by atoms with Gasteiger partial charge in [-0.05, 0) is 38.1 Å². The summed E-state index contributed by atoms with van der Waals surface area (Å²) >= 11 is 0. The SMILES string of the molecule is CC(C)C1(C2CCCS2(=O)=O)CCCN1. The van der Waals surface area contributed by atoms with Crippen LogP contribution in [0.1, 0.15) is 39.5 Å². The van der Waals surface area contributed by atoms with Crippen LogP contribution < -0.4 is 5.32 Å². The Hall–Kier alpha value is -0.0900. The lowest BCUT2D eigenvalue weighted by Crippen LogP contribution is -2.56. The van der Waals surface area contributed by atoms with Gasteiger partial charge < -0.3 is 5.32 Å². The Bertz CT molecular complexity index is 328. The molecule has 2 fully saturated rings. The Labute approximate surface area is 92.6 Å². The molecule has 2 rings (SSSR count). The quantitative estimate of drug-likeness (QED) is 0.780. The van der Waals surface area contributed by atoms with Gasteiger partial charge in [-0.3, -0.25) is 0 Å². The van der Waals surface area contributed by atoms with E-state index in [4.69, 9.17) is 0 Å². The summed E-state index contributed by atoms with van der Waals surface area (Å²) in [6.45, 7) is 5.27. The second kappa shape index (κ2) is 3.74. The summed E-state index contributed by atoms with van der Waals surface area (Å²) in [5, 5.41) is 3.36. The monoisotopic (exact) mass is 231 g/mol. The van der Waals surface area contributed by atoms with Crippen molar-refractivity contribution >= 4 is 9.84 Å². The van der Waals surface area contributed by atoms with E-state index in [1.807, 2.05) is 0 Å². The van der Waals surface area contributed by atoms with Crippen molar-refractivity contribution in [2.45, 2.75) is 50.3 Å².